The van der Waals surface area contributed by atoms with Gasteiger partial charge in [-0.05, 0) is 35.4 Å². The topological polar surface area (TPSA) is 49.9 Å². The molecule has 2 heterocycles. The summed E-state index contributed by atoms with van der Waals surface area (Å²) in [6, 6.07) is 12.5. The molecule has 0 spiro atoms. The number of likely N-dealkylation sites (N-methyl/N-ethyl adjacent to an activating group) is 1. The fraction of sp³-hybridized carbons (Fsp3) is 0.478. The molecule has 1 saturated heterocycles. The monoisotopic (exact) mass is 412 g/mol. The van der Waals surface area contributed by atoms with Crippen molar-refractivity contribution in [3.63, 3.8) is 0 Å². The van der Waals surface area contributed by atoms with E-state index in [0.29, 0.717) is 26.1 Å². The van der Waals surface area contributed by atoms with Crippen LogP contribution in [0.15, 0.2) is 41.8 Å². The van der Waals surface area contributed by atoms with E-state index in [1.165, 1.54) is 10.4 Å². The number of nitrogens with zero attached hydrogens (tertiary/aromatic N) is 2. The maximum Gasteiger partial charge on any atom is 0.256 e. The second-order valence-corrected chi connectivity index (χ2v) is 9.23. The molecule has 154 valence electrons. The normalized spacial score (nSPS) is 22.2. The summed E-state index contributed by atoms with van der Waals surface area (Å²) in [5.41, 5.74) is 1.19. The number of hydrogen-bond acceptors (Lipinski definition) is 4. The molecule has 0 N–H and O–H groups in total. The van der Waals surface area contributed by atoms with Gasteiger partial charge in [0.2, 0.25) is 5.91 Å². The summed E-state index contributed by atoms with van der Waals surface area (Å²) in [5.74, 6) is 0.236. The molecule has 2 aliphatic rings. The van der Waals surface area contributed by atoms with Gasteiger partial charge < -0.3 is 14.5 Å². The largest absolute Gasteiger partial charge is 0.361 e. The van der Waals surface area contributed by atoms with Crippen LogP contribution >= 0.6 is 11.3 Å². The lowest BCUT2D eigenvalue weighted by molar-refractivity contribution is -0.174. The van der Waals surface area contributed by atoms with Crippen LogP contribution in [-0.2, 0) is 20.7 Å². The van der Waals surface area contributed by atoms with Crippen molar-refractivity contribution in [1.82, 2.24) is 9.80 Å². The van der Waals surface area contributed by atoms with Crippen LogP contribution < -0.4 is 0 Å². The molecule has 1 aromatic carbocycles. The first kappa shape index (κ1) is 20.1. The van der Waals surface area contributed by atoms with E-state index in [2.05, 4.69) is 35.7 Å². The molecule has 4 rings (SSSR count). The van der Waals surface area contributed by atoms with Crippen molar-refractivity contribution in [2.45, 2.75) is 31.3 Å². The zero-order valence-electron chi connectivity index (χ0n) is 17.1. The highest BCUT2D eigenvalue weighted by molar-refractivity contribution is 7.13. The fourth-order valence-electron chi connectivity index (χ4n) is 4.16. The number of benzene rings is 1. The summed E-state index contributed by atoms with van der Waals surface area (Å²) in [5, 5.41) is 2.07. The van der Waals surface area contributed by atoms with Crippen molar-refractivity contribution >= 4 is 23.2 Å². The smallest absolute Gasteiger partial charge is 0.256 e. The van der Waals surface area contributed by atoms with E-state index in [1.807, 2.05) is 11.0 Å². The summed E-state index contributed by atoms with van der Waals surface area (Å²) in [6.07, 6.45) is 3.52. The van der Waals surface area contributed by atoms with Gasteiger partial charge in [-0.15, -0.1) is 11.3 Å². The van der Waals surface area contributed by atoms with Crippen molar-refractivity contribution < 1.29 is 14.3 Å². The summed E-state index contributed by atoms with van der Waals surface area (Å²) < 4.78 is 6.12. The van der Waals surface area contributed by atoms with E-state index in [-0.39, 0.29) is 17.7 Å². The Morgan fingerprint density at radius 1 is 1.21 bits per heavy atom. The SMILES string of the molecule is CN(C)C(=O)C1(Cc2ccc(-c3cccs3)cc2)CN(C(=O)C2CCC2)CCO1. The quantitative estimate of drug-likeness (QED) is 0.756. The third kappa shape index (κ3) is 4.09. The zero-order chi connectivity index (χ0) is 20.4. The summed E-state index contributed by atoms with van der Waals surface area (Å²) in [6.45, 7) is 1.28. The summed E-state index contributed by atoms with van der Waals surface area (Å²) in [7, 11) is 3.50. The zero-order valence-corrected chi connectivity index (χ0v) is 17.9. The van der Waals surface area contributed by atoms with E-state index in [9.17, 15) is 9.59 Å². The molecule has 2 amide bonds. The molecule has 1 aromatic heterocycles. The molecule has 0 bridgehead atoms. The molecule has 2 fully saturated rings. The van der Waals surface area contributed by atoms with Crippen LogP contribution in [0.5, 0.6) is 0 Å². The molecule has 29 heavy (non-hydrogen) atoms. The highest BCUT2D eigenvalue weighted by atomic mass is 32.1. The van der Waals surface area contributed by atoms with E-state index in [1.54, 1.807) is 30.3 Å². The number of hydrogen-bond donors (Lipinski definition) is 0. The summed E-state index contributed by atoms with van der Waals surface area (Å²) >= 11 is 1.71. The molecule has 2 aromatic rings. The third-order valence-corrected chi connectivity index (χ3v) is 6.92. The molecule has 0 radical (unpaired) electrons. The van der Waals surface area contributed by atoms with E-state index < -0.39 is 5.60 Å². The van der Waals surface area contributed by atoms with Gasteiger partial charge in [0, 0.05) is 37.9 Å². The van der Waals surface area contributed by atoms with E-state index >= 15 is 0 Å². The van der Waals surface area contributed by atoms with Crippen molar-refractivity contribution in [3.8, 4) is 10.4 Å². The van der Waals surface area contributed by atoms with E-state index in [4.69, 9.17) is 4.74 Å². The Bertz CT molecular complexity index is 859. The number of ether oxygens (including phenoxy) is 1. The number of thiophene rings is 1. The second-order valence-electron chi connectivity index (χ2n) is 8.28. The lowest BCUT2D eigenvalue weighted by Crippen LogP contribution is -2.62. The van der Waals surface area contributed by atoms with Crippen molar-refractivity contribution in [1.29, 1.82) is 0 Å². The highest BCUT2D eigenvalue weighted by Crippen LogP contribution is 2.32. The fourth-order valence-corrected chi connectivity index (χ4v) is 4.90. The van der Waals surface area contributed by atoms with Crippen molar-refractivity contribution in [2.24, 2.45) is 5.92 Å². The van der Waals surface area contributed by atoms with Crippen LogP contribution in [0.1, 0.15) is 24.8 Å². The number of rotatable bonds is 5. The standard InChI is InChI=1S/C23H28N2O3S/c1-24(2)22(27)23(16-25(12-13-28-23)21(26)19-5-3-6-19)15-17-8-10-18(11-9-17)20-7-4-14-29-20/h4,7-11,14,19H,3,5-6,12-13,15-16H2,1-2H3. The minimum absolute atomic E-state index is 0.0778. The van der Waals surface area contributed by atoms with Gasteiger partial charge in [0.1, 0.15) is 0 Å². The number of carbonyl (C=O) groups is 2. The van der Waals surface area contributed by atoms with Crippen molar-refractivity contribution in [2.75, 3.05) is 33.8 Å². The Morgan fingerprint density at radius 3 is 2.55 bits per heavy atom. The van der Waals surface area contributed by atoms with E-state index in [0.717, 1.165) is 24.8 Å². The third-order valence-electron chi connectivity index (χ3n) is 6.00. The Balaban J connectivity index is 1.56. The average molecular weight is 413 g/mol. The maximum atomic E-state index is 13.2. The first-order chi connectivity index (χ1) is 14.0. The van der Waals surface area contributed by atoms with Gasteiger partial charge in [0.25, 0.3) is 5.91 Å². The van der Waals surface area contributed by atoms with Crippen molar-refractivity contribution in [3.05, 3.63) is 47.3 Å². The predicted octanol–water partition coefficient (Wildman–Crippen LogP) is 3.44. The number of carbonyl (C=O) groups excluding carboxylic acids is 2. The molecule has 5 nitrogen and oxygen atoms in total. The lowest BCUT2D eigenvalue weighted by Gasteiger charge is -2.44. The summed E-state index contributed by atoms with van der Waals surface area (Å²) in [4.78, 5) is 30.7. The van der Waals surface area contributed by atoms with Crippen LogP contribution in [0.3, 0.4) is 0 Å². The Labute approximate surface area is 176 Å². The minimum atomic E-state index is -1.02. The maximum absolute atomic E-state index is 13.2. The molecule has 1 aliphatic carbocycles. The van der Waals surface area contributed by atoms with Gasteiger partial charge in [-0.2, -0.15) is 0 Å². The van der Waals surface area contributed by atoms with Gasteiger partial charge in [-0.25, -0.2) is 0 Å². The molecular formula is C23H28N2O3S. The lowest BCUT2D eigenvalue weighted by atomic mass is 9.83. The van der Waals surface area contributed by atoms with Crippen LogP contribution in [0, 0.1) is 5.92 Å². The highest BCUT2D eigenvalue weighted by Gasteiger charge is 2.47. The molecule has 1 atom stereocenters. The number of morpholine rings is 1. The Kier molecular flexibility index (Phi) is 5.74. The van der Waals surface area contributed by atoms with Gasteiger partial charge in [-0.3, -0.25) is 9.59 Å². The first-order valence-electron chi connectivity index (χ1n) is 10.3. The van der Waals surface area contributed by atoms with Crippen LogP contribution in [0.25, 0.3) is 10.4 Å². The Hall–Kier alpha value is -2.18. The first-order valence-corrected chi connectivity index (χ1v) is 11.1. The minimum Gasteiger partial charge on any atom is -0.361 e. The van der Waals surface area contributed by atoms with Crippen LogP contribution in [0.4, 0.5) is 0 Å². The van der Waals surface area contributed by atoms with Gasteiger partial charge in [0.15, 0.2) is 5.60 Å². The molecule has 6 heteroatoms. The average Bonchev–Trinajstić information content (AvgIpc) is 3.21. The molecule has 1 aliphatic heterocycles. The molecule has 1 unspecified atom stereocenters. The van der Waals surface area contributed by atoms with Gasteiger partial charge in [-0.1, -0.05) is 36.8 Å². The van der Waals surface area contributed by atoms with Crippen LogP contribution in [0.2, 0.25) is 0 Å². The second kappa shape index (κ2) is 8.28. The molecule has 1 saturated carbocycles. The van der Waals surface area contributed by atoms with Gasteiger partial charge in [0.05, 0.1) is 13.2 Å². The number of amides is 2. The Morgan fingerprint density at radius 2 is 1.97 bits per heavy atom. The molecular weight excluding hydrogens is 384 g/mol. The predicted molar refractivity (Wildman–Crippen MR) is 115 cm³/mol. The van der Waals surface area contributed by atoms with Crippen LogP contribution in [-0.4, -0.2) is 61.0 Å². The van der Waals surface area contributed by atoms with Gasteiger partial charge >= 0.3 is 0 Å².